The molecule has 70 heavy (non-hydrogen) atoms. The van der Waals surface area contributed by atoms with Crippen LogP contribution in [0.3, 0.4) is 0 Å². The zero-order valence-corrected chi connectivity index (χ0v) is 36.2. The summed E-state index contributed by atoms with van der Waals surface area (Å²) < 4.78 is 48.6. The summed E-state index contributed by atoms with van der Waals surface area (Å²) in [5.41, 5.74) is 5.49. The van der Waals surface area contributed by atoms with Crippen molar-refractivity contribution >= 4 is 49.3 Å². The van der Waals surface area contributed by atoms with Gasteiger partial charge in [-0.1, -0.05) is 48.5 Å². The Bertz CT molecular complexity index is 3930. The monoisotopic (exact) mass is 914 g/mol. The molecule has 0 saturated carbocycles. The fourth-order valence-electron chi connectivity index (χ4n) is 9.17. The van der Waals surface area contributed by atoms with Crippen LogP contribution >= 0.6 is 0 Å². The zero-order valence-electron chi connectivity index (χ0n) is 36.2. The molecule has 0 amide bonds. The number of hydrogen-bond acceptors (Lipinski definition) is 9. The summed E-state index contributed by atoms with van der Waals surface area (Å²) in [4.78, 5) is 39.6. The third-order valence-corrected chi connectivity index (χ3v) is 12.2. The number of benzene rings is 6. The second kappa shape index (κ2) is 16.4. The van der Waals surface area contributed by atoms with Crippen molar-refractivity contribution in [3.63, 3.8) is 0 Å². The highest BCUT2D eigenvalue weighted by atomic mass is 19.4. The van der Waals surface area contributed by atoms with E-state index in [2.05, 4.69) is 50.8 Å². The summed E-state index contributed by atoms with van der Waals surface area (Å²) >= 11 is 0. The number of rotatable bonds is 7. The van der Waals surface area contributed by atoms with Crippen molar-refractivity contribution in [3.05, 3.63) is 200 Å². The van der Waals surface area contributed by atoms with Gasteiger partial charge >= 0.3 is 6.18 Å². The zero-order chi connectivity index (χ0) is 47.5. The van der Waals surface area contributed by atoms with Gasteiger partial charge in [0.2, 0.25) is 0 Å². The Hall–Kier alpha value is -9.99. The maximum Gasteiger partial charge on any atom is 0.415 e. The molecule has 0 N–H and O–H groups in total. The molecule has 6 heterocycles. The third kappa shape index (κ3) is 7.01. The number of aromatic nitrogens is 10. The normalized spacial score (nSPS) is 11.6. The van der Waals surface area contributed by atoms with Gasteiger partial charge in [0.15, 0.2) is 29.0 Å². The SMILES string of the molecule is [C-]#[N+]c1cc(-c2cc(-n3c4cc(-c5ncccn5)ccc4c4ccc(-c5ncccn5)cc43)c(C#N)cc2-n2c3cc(-c4ncccn4)ccc3c3ccc(-c4ncccn4)cc32)cc(C(F)(F)F)c1. The summed E-state index contributed by atoms with van der Waals surface area (Å²) in [5.74, 6) is 1.86. The number of nitrogens with zero attached hydrogens (tertiary/aromatic N) is 12. The van der Waals surface area contributed by atoms with Crippen molar-refractivity contribution in [1.29, 1.82) is 5.26 Å². The highest BCUT2D eigenvalue weighted by molar-refractivity contribution is 6.13. The molecule has 0 aliphatic heterocycles. The Kier molecular flexibility index (Phi) is 9.71. The van der Waals surface area contributed by atoms with Crippen molar-refractivity contribution in [1.82, 2.24) is 49.0 Å². The lowest BCUT2D eigenvalue weighted by Crippen LogP contribution is -2.07. The maximum absolute atomic E-state index is 14.9. The molecule has 0 unspecified atom stereocenters. The lowest BCUT2D eigenvalue weighted by atomic mass is 9.96. The molecule has 15 heteroatoms. The van der Waals surface area contributed by atoms with Crippen LogP contribution in [-0.4, -0.2) is 49.0 Å². The average Bonchev–Trinajstić information content (AvgIpc) is 3.92. The largest absolute Gasteiger partial charge is 0.415 e. The quantitative estimate of drug-likeness (QED) is 0.143. The average molecular weight is 915 g/mol. The minimum absolute atomic E-state index is 0.0965. The van der Waals surface area contributed by atoms with Crippen LogP contribution in [0.25, 0.3) is 117 Å². The van der Waals surface area contributed by atoms with E-state index in [9.17, 15) is 18.4 Å². The van der Waals surface area contributed by atoms with Gasteiger partial charge in [0.1, 0.15) is 6.07 Å². The standard InChI is InChI=1S/C55H29F3N12/c1-60-39-23-36(22-38(29-39)55(56,57)58)44-30-45(69-46-24-32(51-61-14-2-15-62-51)6-10-40(46)41-11-7-33(25-47(41)69)52-63-16-3-17-64-52)37(31-59)28-50(44)70-48-26-34(53-65-18-4-19-66-53)8-12-42(48)43-13-9-35(27-49(43)70)54-67-20-5-21-68-54/h2-30H. The molecule has 0 fully saturated rings. The van der Waals surface area contributed by atoms with E-state index >= 15 is 0 Å². The first-order valence-electron chi connectivity index (χ1n) is 21.7. The molecule has 6 aromatic heterocycles. The van der Waals surface area contributed by atoms with Crippen molar-refractivity contribution < 1.29 is 13.2 Å². The van der Waals surface area contributed by atoms with E-state index in [4.69, 9.17) is 6.57 Å². The number of halogens is 3. The Morgan fingerprint density at radius 1 is 0.443 bits per heavy atom. The number of fused-ring (bicyclic) bond motifs is 6. The molecule has 0 atom stereocenters. The van der Waals surface area contributed by atoms with E-state index in [1.54, 1.807) is 86.0 Å². The smallest absolute Gasteiger partial charge is 0.309 e. The second-order valence-corrected chi connectivity index (χ2v) is 16.3. The van der Waals surface area contributed by atoms with E-state index in [-0.39, 0.29) is 16.8 Å². The first kappa shape index (κ1) is 41.4. The van der Waals surface area contributed by atoms with Crippen LogP contribution in [0.1, 0.15) is 11.1 Å². The number of alkyl halides is 3. The third-order valence-electron chi connectivity index (χ3n) is 12.2. The fourth-order valence-corrected chi connectivity index (χ4v) is 9.17. The van der Waals surface area contributed by atoms with Crippen molar-refractivity contribution in [2.24, 2.45) is 0 Å². The molecule has 0 radical (unpaired) electrons. The van der Waals surface area contributed by atoms with Crippen molar-refractivity contribution in [2.75, 3.05) is 0 Å². The minimum Gasteiger partial charge on any atom is -0.309 e. The predicted molar refractivity (Wildman–Crippen MR) is 261 cm³/mol. The molecule has 0 spiro atoms. The van der Waals surface area contributed by atoms with Gasteiger partial charge in [0.05, 0.1) is 45.6 Å². The van der Waals surface area contributed by atoms with E-state index in [1.165, 1.54) is 6.07 Å². The summed E-state index contributed by atoms with van der Waals surface area (Å²) in [5, 5.41) is 14.7. The molecular formula is C55H29F3N12. The highest BCUT2D eigenvalue weighted by Crippen LogP contribution is 2.45. The van der Waals surface area contributed by atoms with Crippen LogP contribution in [0.2, 0.25) is 0 Å². The molecule has 330 valence electrons. The van der Waals surface area contributed by atoms with Gasteiger partial charge in [0.25, 0.3) is 0 Å². The molecule has 6 aromatic carbocycles. The van der Waals surface area contributed by atoms with Gasteiger partial charge < -0.3 is 9.13 Å². The maximum atomic E-state index is 14.9. The lowest BCUT2D eigenvalue weighted by Gasteiger charge is -2.20. The Morgan fingerprint density at radius 2 is 0.814 bits per heavy atom. The molecular weight excluding hydrogens is 886 g/mol. The van der Waals surface area contributed by atoms with Crippen LogP contribution in [0.5, 0.6) is 0 Å². The molecule has 12 rings (SSSR count). The second-order valence-electron chi connectivity index (χ2n) is 16.3. The Labute approximate surface area is 395 Å². The van der Waals surface area contributed by atoms with E-state index in [1.807, 2.05) is 81.9 Å². The number of hydrogen-bond donors (Lipinski definition) is 0. The molecule has 12 aromatic rings. The minimum atomic E-state index is -4.80. The van der Waals surface area contributed by atoms with Gasteiger partial charge in [-0.05, 0) is 84.4 Å². The van der Waals surface area contributed by atoms with Crippen LogP contribution < -0.4 is 0 Å². The molecule has 12 nitrogen and oxygen atoms in total. The van der Waals surface area contributed by atoms with Crippen molar-refractivity contribution in [2.45, 2.75) is 6.18 Å². The summed E-state index contributed by atoms with van der Waals surface area (Å²) in [6.07, 6.45) is 8.39. The first-order valence-corrected chi connectivity index (χ1v) is 21.7. The van der Waals surface area contributed by atoms with Crippen LogP contribution in [0.4, 0.5) is 18.9 Å². The highest BCUT2D eigenvalue weighted by Gasteiger charge is 2.32. The molecule has 0 saturated heterocycles. The predicted octanol–water partition coefficient (Wildman–Crippen LogP) is 12.8. The molecule has 0 aliphatic carbocycles. The number of nitriles is 1. The Morgan fingerprint density at radius 3 is 1.16 bits per heavy atom. The van der Waals surface area contributed by atoms with Crippen molar-refractivity contribution in [3.8, 4) is 74.1 Å². The summed E-state index contributed by atoms with van der Waals surface area (Å²) in [7, 11) is 0. The van der Waals surface area contributed by atoms with E-state index in [0.717, 1.165) is 33.7 Å². The van der Waals surface area contributed by atoms with Gasteiger partial charge in [-0.25, -0.2) is 44.7 Å². The fraction of sp³-hybridized carbons (Fsp3) is 0.0182. The van der Waals surface area contributed by atoms with Crippen LogP contribution in [-0.2, 0) is 6.18 Å². The van der Waals surface area contributed by atoms with E-state index < -0.39 is 11.7 Å². The van der Waals surface area contributed by atoms with Gasteiger partial charge in [-0.2, -0.15) is 18.4 Å². The first-order chi connectivity index (χ1) is 34.2. The van der Waals surface area contributed by atoms with Crippen LogP contribution in [0, 0.1) is 17.9 Å². The molecule has 0 bridgehead atoms. The van der Waals surface area contributed by atoms with Crippen LogP contribution in [0.15, 0.2) is 177 Å². The van der Waals surface area contributed by atoms with Gasteiger partial charge in [-0.15, -0.1) is 0 Å². The van der Waals surface area contributed by atoms with E-state index in [0.29, 0.717) is 84.6 Å². The summed E-state index contributed by atoms with van der Waals surface area (Å²) in [6, 6.07) is 39.4. The van der Waals surface area contributed by atoms with Gasteiger partial charge in [0, 0.05) is 105 Å². The topological polar surface area (TPSA) is 141 Å². The summed E-state index contributed by atoms with van der Waals surface area (Å²) in [6.45, 7) is 7.97. The Balaban J connectivity index is 1.23. The molecule has 0 aliphatic rings. The lowest BCUT2D eigenvalue weighted by molar-refractivity contribution is -0.137. The van der Waals surface area contributed by atoms with Gasteiger partial charge in [-0.3, -0.25) is 0 Å².